The van der Waals surface area contributed by atoms with Crippen molar-refractivity contribution in [3.05, 3.63) is 43.6 Å². The van der Waals surface area contributed by atoms with Crippen LogP contribution in [0.5, 0.6) is 0 Å². The number of halogens is 3. The quantitative estimate of drug-likeness (QED) is 0.583. The van der Waals surface area contributed by atoms with Gasteiger partial charge in [-0.15, -0.1) is 11.3 Å². The van der Waals surface area contributed by atoms with E-state index in [1.807, 2.05) is 32.0 Å². The van der Waals surface area contributed by atoms with Crippen LogP contribution in [0.3, 0.4) is 0 Å². The number of anilines is 1. The Hall–Kier alpha value is -0.890. The second-order valence-electron chi connectivity index (χ2n) is 6.42. The van der Waals surface area contributed by atoms with Crippen LogP contribution in [0, 0.1) is 13.8 Å². The summed E-state index contributed by atoms with van der Waals surface area (Å²) in [5.41, 5.74) is 3.67. The number of benzene rings is 1. The first-order chi connectivity index (χ1) is 12.3. The molecule has 0 saturated carbocycles. The van der Waals surface area contributed by atoms with Crippen LogP contribution in [-0.2, 0) is 0 Å². The van der Waals surface area contributed by atoms with E-state index in [0.717, 1.165) is 22.3 Å². The van der Waals surface area contributed by atoms with Gasteiger partial charge in [0.2, 0.25) is 0 Å². The first-order valence-corrected chi connectivity index (χ1v) is 10.4. The second-order valence-corrected chi connectivity index (χ2v) is 9.69. The maximum absolute atomic E-state index is 13.2. The molecule has 146 valence electrons. The molecule has 0 aliphatic rings. The fourth-order valence-electron chi connectivity index (χ4n) is 2.70. The van der Waals surface area contributed by atoms with E-state index in [2.05, 4.69) is 13.0 Å². The van der Waals surface area contributed by atoms with E-state index >= 15 is 0 Å². The predicted molar refractivity (Wildman–Crippen MR) is 114 cm³/mol. The molecule has 0 radical (unpaired) electrons. The summed E-state index contributed by atoms with van der Waals surface area (Å²) in [6.07, 6.45) is 0. The zero-order chi connectivity index (χ0) is 19.0. The van der Waals surface area contributed by atoms with Gasteiger partial charge in [0.15, 0.2) is 5.13 Å². The highest BCUT2D eigenvalue weighted by Crippen LogP contribution is 2.36. The number of carbonyl (C=O) groups excluding carboxylic acids is 1. The Morgan fingerprint density at radius 1 is 1.11 bits per heavy atom. The maximum atomic E-state index is 13.2. The number of hydrogen-bond donors (Lipinski definition) is 0. The Balaban J connectivity index is 0.00000261. The third-order valence-corrected chi connectivity index (χ3v) is 6.66. The number of nitrogens with zero attached hydrogens (tertiary/aromatic N) is 3. The minimum atomic E-state index is -0.173. The van der Waals surface area contributed by atoms with Gasteiger partial charge < -0.3 is 17.3 Å². The van der Waals surface area contributed by atoms with E-state index < -0.39 is 0 Å². The molecule has 3 aromatic rings. The van der Waals surface area contributed by atoms with E-state index in [-0.39, 0.29) is 18.3 Å². The number of rotatable bonds is 5. The SMILES string of the molecule is Cc1cc(C)c2sc(N(CCN(C)C)C(=O)c3cc(Cl)sc3Cl)nc2c1.[Cl-]. The van der Waals surface area contributed by atoms with Crippen molar-refractivity contribution in [2.75, 3.05) is 32.1 Å². The fraction of sp³-hybridized carbons (Fsp3) is 0.333. The highest BCUT2D eigenvalue weighted by Gasteiger charge is 2.25. The molecule has 0 N–H and O–H groups in total. The molecule has 2 aromatic heterocycles. The predicted octanol–water partition coefficient (Wildman–Crippen LogP) is 2.49. The van der Waals surface area contributed by atoms with Crippen LogP contribution in [0.1, 0.15) is 21.5 Å². The number of thiazole rings is 1. The summed E-state index contributed by atoms with van der Waals surface area (Å²) >= 11 is 15.0. The molecule has 0 bridgehead atoms. The van der Waals surface area contributed by atoms with E-state index in [0.29, 0.717) is 25.9 Å². The number of aromatic nitrogens is 1. The Morgan fingerprint density at radius 2 is 1.81 bits per heavy atom. The molecule has 9 heteroatoms. The number of fused-ring (bicyclic) bond motifs is 1. The highest BCUT2D eigenvalue weighted by molar-refractivity contribution is 7.22. The minimum absolute atomic E-state index is 0. The van der Waals surface area contributed by atoms with Gasteiger partial charge in [-0.3, -0.25) is 9.69 Å². The third kappa shape index (κ3) is 4.94. The first-order valence-electron chi connectivity index (χ1n) is 8.05. The van der Waals surface area contributed by atoms with Crippen LogP contribution in [0.15, 0.2) is 18.2 Å². The average Bonchev–Trinajstić information content (AvgIpc) is 3.10. The lowest BCUT2D eigenvalue weighted by Crippen LogP contribution is -3.00. The Morgan fingerprint density at radius 3 is 2.41 bits per heavy atom. The van der Waals surface area contributed by atoms with Crippen LogP contribution in [0.25, 0.3) is 10.2 Å². The van der Waals surface area contributed by atoms with Crippen LogP contribution < -0.4 is 17.3 Å². The average molecular weight is 464 g/mol. The monoisotopic (exact) mass is 462 g/mol. The lowest BCUT2D eigenvalue weighted by atomic mass is 10.1. The zero-order valence-electron chi connectivity index (χ0n) is 15.3. The summed E-state index contributed by atoms with van der Waals surface area (Å²) in [7, 11) is 3.95. The van der Waals surface area contributed by atoms with Crippen molar-refractivity contribution >= 4 is 67.1 Å². The topological polar surface area (TPSA) is 36.4 Å². The lowest BCUT2D eigenvalue weighted by molar-refractivity contribution is -0.0000129. The van der Waals surface area contributed by atoms with Gasteiger partial charge in [-0.1, -0.05) is 40.6 Å². The summed E-state index contributed by atoms with van der Waals surface area (Å²) in [5, 5.41) is 0.680. The van der Waals surface area contributed by atoms with Gasteiger partial charge in [-0.2, -0.15) is 0 Å². The van der Waals surface area contributed by atoms with Crippen molar-refractivity contribution in [2.24, 2.45) is 0 Å². The molecule has 0 fully saturated rings. The molecule has 0 aliphatic heterocycles. The van der Waals surface area contributed by atoms with Gasteiger partial charge in [0.05, 0.1) is 20.1 Å². The van der Waals surface area contributed by atoms with Gasteiger partial charge in [0, 0.05) is 13.1 Å². The molecule has 1 amide bonds. The first kappa shape index (κ1) is 22.4. The normalized spacial score (nSPS) is 11.1. The van der Waals surface area contributed by atoms with Crippen LogP contribution >= 0.6 is 45.9 Å². The number of hydrogen-bond acceptors (Lipinski definition) is 5. The van der Waals surface area contributed by atoms with Crippen LogP contribution in [-0.4, -0.2) is 43.0 Å². The standard InChI is InChI=1S/C18H19Cl2N3OS2.ClH/c1-10-7-11(2)15-13(8-10)21-18(26-15)23(6-5-22(3)4)17(24)12-9-14(19)25-16(12)20;/h7-9H,5-6H2,1-4H3;1H/p-1. The van der Waals surface area contributed by atoms with Crippen molar-refractivity contribution < 1.29 is 17.2 Å². The van der Waals surface area contributed by atoms with E-state index in [1.54, 1.807) is 11.0 Å². The molecule has 27 heavy (non-hydrogen) atoms. The van der Waals surface area contributed by atoms with Gasteiger partial charge >= 0.3 is 0 Å². The molecule has 2 heterocycles. The number of likely N-dealkylation sites (N-methyl/N-ethyl adjacent to an activating group) is 1. The van der Waals surface area contributed by atoms with Crippen molar-refractivity contribution in [1.82, 2.24) is 9.88 Å². The van der Waals surface area contributed by atoms with Gasteiger partial charge in [0.25, 0.3) is 5.91 Å². The summed E-state index contributed by atoms with van der Waals surface area (Å²) < 4.78 is 2.01. The van der Waals surface area contributed by atoms with E-state index in [4.69, 9.17) is 28.2 Å². The summed E-state index contributed by atoms with van der Waals surface area (Å²) in [4.78, 5) is 21.6. The molecule has 0 aliphatic carbocycles. The molecular weight excluding hydrogens is 445 g/mol. The molecule has 0 spiro atoms. The Kier molecular flexibility index (Phi) is 7.53. The Bertz CT molecular complexity index is 968. The lowest BCUT2D eigenvalue weighted by Gasteiger charge is -2.21. The largest absolute Gasteiger partial charge is 1.00 e. The van der Waals surface area contributed by atoms with Crippen molar-refractivity contribution in [2.45, 2.75) is 13.8 Å². The van der Waals surface area contributed by atoms with Gasteiger partial charge in [0.1, 0.15) is 4.34 Å². The number of thiophene rings is 1. The van der Waals surface area contributed by atoms with E-state index in [1.165, 1.54) is 28.2 Å². The van der Waals surface area contributed by atoms with Crippen LogP contribution in [0.2, 0.25) is 8.67 Å². The molecule has 1 aromatic carbocycles. The fourth-order valence-corrected chi connectivity index (χ4v) is 5.18. The molecule has 0 unspecified atom stereocenters. The molecule has 4 nitrogen and oxygen atoms in total. The minimum Gasteiger partial charge on any atom is -1.00 e. The molecule has 3 rings (SSSR count). The Labute approximate surface area is 183 Å². The number of amides is 1. The van der Waals surface area contributed by atoms with Gasteiger partial charge in [-0.25, -0.2) is 4.98 Å². The van der Waals surface area contributed by atoms with Crippen molar-refractivity contribution in [3.63, 3.8) is 0 Å². The van der Waals surface area contributed by atoms with E-state index in [9.17, 15) is 4.79 Å². The molecule has 0 saturated heterocycles. The van der Waals surface area contributed by atoms with Crippen molar-refractivity contribution in [3.8, 4) is 0 Å². The summed E-state index contributed by atoms with van der Waals surface area (Å²) in [6, 6.07) is 5.80. The zero-order valence-corrected chi connectivity index (χ0v) is 19.2. The number of aryl methyl sites for hydroxylation is 2. The summed E-state index contributed by atoms with van der Waals surface area (Å²) in [5.74, 6) is -0.173. The molecule has 0 atom stereocenters. The highest BCUT2D eigenvalue weighted by atomic mass is 35.5. The van der Waals surface area contributed by atoms with Crippen molar-refractivity contribution in [1.29, 1.82) is 0 Å². The van der Waals surface area contributed by atoms with Gasteiger partial charge in [-0.05, 0) is 51.2 Å². The molecular formula is C18H19Cl3N3OS2-. The number of carbonyl (C=O) groups is 1. The third-order valence-electron chi connectivity index (χ3n) is 3.94. The second kappa shape index (κ2) is 9.07. The maximum Gasteiger partial charge on any atom is 0.262 e. The van der Waals surface area contributed by atoms with Crippen LogP contribution in [0.4, 0.5) is 5.13 Å². The smallest absolute Gasteiger partial charge is 0.262 e. The summed E-state index contributed by atoms with van der Waals surface area (Å²) in [6.45, 7) is 5.36.